The van der Waals surface area contributed by atoms with Gasteiger partial charge in [-0.15, -0.1) is 0 Å². The molecule has 0 N–H and O–H groups in total. The van der Waals surface area contributed by atoms with Crippen molar-refractivity contribution < 1.29 is 4.42 Å². The van der Waals surface area contributed by atoms with Gasteiger partial charge in [-0.3, -0.25) is 0 Å². The lowest BCUT2D eigenvalue weighted by molar-refractivity contribution is 0.417. The fourth-order valence-electron chi connectivity index (χ4n) is 1.76. The molecule has 1 aliphatic rings. The molecule has 0 spiro atoms. The highest BCUT2D eigenvalue weighted by molar-refractivity contribution is 5.16. The number of aromatic nitrogens is 1. The fraction of sp³-hybridized carbons (Fsp3) is 0.667. The molecule has 1 aromatic heterocycles. The molecule has 1 heterocycles. The lowest BCUT2D eigenvalue weighted by atomic mass is 9.92. The molecule has 0 aliphatic heterocycles. The zero-order valence-corrected chi connectivity index (χ0v) is 7.05. The lowest BCUT2D eigenvalue weighted by Gasteiger charge is -2.14. The average Bonchev–Trinajstić information content (AvgIpc) is 2.31. The highest BCUT2D eigenvalue weighted by Crippen LogP contribution is 2.30. The summed E-state index contributed by atoms with van der Waals surface area (Å²) in [5, 5.41) is 0. The first kappa shape index (κ1) is 6.89. The normalized spacial score (nSPS) is 23.3. The van der Waals surface area contributed by atoms with Crippen LogP contribution in [0.4, 0.5) is 0 Å². The molecule has 1 atom stereocenters. The zero-order chi connectivity index (χ0) is 7.84. The van der Waals surface area contributed by atoms with Gasteiger partial charge in [0.1, 0.15) is 5.76 Å². The van der Waals surface area contributed by atoms with Gasteiger partial charge in [-0.25, -0.2) is 4.98 Å². The van der Waals surface area contributed by atoms with Crippen molar-refractivity contribution in [1.82, 2.24) is 4.98 Å². The second-order valence-electron chi connectivity index (χ2n) is 3.34. The van der Waals surface area contributed by atoms with Crippen LogP contribution in [0.3, 0.4) is 0 Å². The quantitative estimate of drug-likeness (QED) is 0.569. The van der Waals surface area contributed by atoms with Crippen LogP contribution in [0, 0.1) is 6.92 Å². The summed E-state index contributed by atoms with van der Waals surface area (Å²) in [5.41, 5.74) is 1.20. The summed E-state index contributed by atoms with van der Waals surface area (Å²) in [7, 11) is 0. The number of oxazole rings is 1. The van der Waals surface area contributed by atoms with E-state index in [2.05, 4.69) is 11.9 Å². The van der Waals surface area contributed by atoms with Gasteiger partial charge in [-0.05, 0) is 19.3 Å². The topological polar surface area (TPSA) is 26.0 Å². The molecule has 0 aromatic carbocycles. The molecule has 0 amide bonds. The van der Waals surface area contributed by atoms with Crippen LogP contribution in [-0.2, 0) is 6.42 Å². The Hall–Kier alpha value is -0.790. The number of hydrogen-bond acceptors (Lipinski definition) is 2. The van der Waals surface area contributed by atoms with Crippen molar-refractivity contribution in [3.05, 3.63) is 17.3 Å². The molecule has 2 rings (SSSR count). The van der Waals surface area contributed by atoms with E-state index >= 15 is 0 Å². The predicted molar refractivity (Wildman–Crippen MR) is 42.6 cm³/mol. The van der Waals surface area contributed by atoms with Crippen LogP contribution in [0.25, 0.3) is 0 Å². The van der Waals surface area contributed by atoms with Crippen LogP contribution < -0.4 is 0 Å². The zero-order valence-electron chi connectivity index (χ0n) is 7.05. The first-order chi connectivity index (χ1) is 5.27. The highest BCUT2D eigenvalue weighted by Gasteiger charge is 2.21. The Morgan fingerprint density at radius 1 is 1.55 bits per heavy atom. The Labute approximate surface area is 66.6 Å². The van der Waals surface area contributed by atoms with E-state index in [0.717, 1.165) is 18.1 Å². The maximum atomic E-state index is 5.51. The van der Waals surface area contributed by atoms with Crippen LogP contribution in [0.1, 0.15) is 43.0 Å². The Balaban J connectivity index is 2.43. The Morgan fingerprint density at radius 3 is 3.09 bits per heavy atom. The number of nitrogens with zero attached hydrogens (tertiary/aromatic N) is 1. The molecule has 2 nitrogen and oxygen atoms in total. The van der Waals surface area contributed by atoms with Crippen molar-refractivity contribution >= 4 is 0 Å². The standard InChI is InChI=1S/C9H13NO/c1-6-4-3-5-8-9(6)11-7(2)10-8/h6H,3-5H2,1-2H3/t6-/m1/s1. The number of aryl methyl sites for hydroxylation is 2. The van der Waals surface area contributed by atoms with E-state index in [1.807, 2.05) is 6.92 Å². The minimum absolute atomic E-state index is 0.583. The van der Waals surface area contributed by atoms with E-state index < -0.39 is 0 Å². The molecule has 0 saturated carbocycles. The van der Waals surface area contributed by atoms with Crippen LogP contribution in [0.5, 0.6) is 0 Å². The highest BCUT2D eigenvalue weighted by atomic mass is 16.4. The van der Waals surface area contributed by atoms with E-state index in [9.17, 15) is 0 Å². The van der Waals surface area contributed by atoms with Gasteiger partial charge < -0.3 is 4.42 Å². The van der Waals surface area contributed by atoms with Crippen molar-refractivity contribution in [1.29, 1.82) is 0 Å². The molecule has 1 aromatic rings. The molecule has 60 valence electrons. The van der Waals surface area contributed by atoms with Crippen LogP contribution in [0.2, 0.25) is 0 Å². The monoisotopic (exact) mass is 151 g/mol. The van der Waals surface area contributed by atoms with Gasteiger partial charge in [-0.1, -0.05) is 6.92 Å². The summed E-state index contributed by atoms with van der Waals surface area (Å²) in [6.45, 7) is 4.13. The van der Waals surface area contributed by atoms with E-state index in [0.29, 0.717) is 5.92 Å². The van der Waals surface area contributed by atoms with E-state index in [-0.39, 0.29) is 0 Å². The number of rotatable bonds is 0. The van der Waals surface area contributed by atoms with Crippen molar-refractivity contribution in [3.63, 3.8) is 0 Å². The number of hydrogen-bond donors (Lipinski definition) is 0. The molecule has 0 radical (unpaired) electrons. The van der Waals surface area contributed by atoms with Gasteiger partial charge >= 0.3 is 0 Å². The summed E-state index contributed by atoms with van der Waals surface area (Å²) in [6, 6.07) is 0. The molecule has 1 aliphatic carbocycles. The summed E-state index contributed by atoms with van der Waals surface area (Å²) >= 11 is 0. The average molecular weight is 151 g/mol. The van der Waals surface area contributed by atoms with E-state index in [4.69, 9.17) is 4.42 Å². The van der Waals surface area contributed by atoms with Crippen molar-refractivity contribution in [2.75, 3.05) is 0 Å². The van der Waals surface area contributed by atoms with Crippen LogP contribution >= 0.6 is 0 Å². The maximum absolute atomic E-state index is 5.51. The first-order valence-electron chi connectivity index (χ1n) is 4.23. The summed E-state index contributed by atoms with van der Waals surface area (Å²) in [6.07, 6.45) is 3.62. The molecule has 0 fully saturated rings. The molecule has 2 heteroatoms. The SMILES string of the molecule is Cc1nc2c(o1)[C@H](C)CCC2. The largest absolute Gasteiger partial charge is 0.445 e. The third-order valence-electron chi connectivity index (χ3n) is 2.33. The Bertz CT molecular complexity index is 265. The van der Waals surface area contributed by atoms with Gasteiger partial charge in [0.15, 0.2) is 5.89 Å². The first-order valence-corrected chi connectivity index (χ1v) is 4.23. The van der Waals surface area contributed by atoms with Gasteiger partial charge in [0.05, 0.1) is 5.69 Å². The van der Waals surface area contributed by atoms with Gasteiger partial charge in [0.2, 0.25) is 0 Å². The third-order valence-corrected chi connectivity index (χ3v) is 2.33. The second-order valence-corrected chi connectivity index (χ2v) is 3.34. The van der Waals surface area contributed by atoms with Crippen molar-refractivity contribution in [2.45, 2.75) is 39.0 Å². The van der Waals surface area contributed by atoms with Crippen LogP contribution in [-0.4, -0.2) is 4.98 Å². The minimum Gasteiger partial charge on any atom is -0.445 e. The summed E-state index contributed by atoms with van der Waals surface area (Å²) in [5.74, 6) is 2.54. The van der Waals surface area contributed by atoms with Crippen molar-refractivity contribution in [2.24, 2.45) is 0 Å². The molecule has 0 saturated heterocycles. The predicted octanol–water partition coefficient (Wildman–Crippen LogP) is 2.42. The molecule has 0 bridgehead atoms. The summed E-state index contributed by atoms with van der Waals surface area (Å²) < 4.78 is 5.51. The van der Waals surface area contributed by atoms with Crippen LogP contribution in [0.15, 0.2) is 4.42 Å². The van der Waals surface area contributed by atoms with Gasteiger partial charge in [-0.2, -0.15) is 0 Å². The Kier molecular flexibility index (Phi) is 1.48. The second kappa shape index (κ2) is 2.36. The lowest BCUT2D eigenvalue weighted by Crippen LogP contribution is -2.04. The molecular formula is C9H13NO. The number of fused-ring (bicyclic) bond motifs is 1. The van der Waals surface area contributed by atoms with E-state index in [1.54, 1.807) is 0 Å². The summed E-state index contributed by atoms with van der Waals surface area (Å²) in [4.78, 5) is 4.33. The molecule has 11 heavy (non-hydrogen) atoms. The molecular weight excluding hydrogens is 138 g/mol. The van der Waals surface area contributed by atoms with E-state index in [1.165, 1.54) is 18.5 Å². The maximum Gasteiger partial charge on any atom is 0.191 e. The molecule has 0 unspecified atom stereocenters. The minimum atomic E-state index is 0.583. The fourth-order valence-corrected chi connectivity index (χ4v) is 1.76. The van der Waals surface area contributed by atoms with Gasteiger partial charge in [0.25, 0.3) is 0 Å². The Morgan fingerprint density at radius 2 is 2.36 bits per heavy atom. The van der Waals surface area contributed by atoms with Gasteiger partial charge in [0, 0.05) is 12.8 Å². The third kappa shape index (κ3) is 1.06. The smallest absolute Gasteiger partial charge is 0.191 e. The van der Waals surface area contributed by atoms with Crippen molar-refractivity contribution in [3.8, 4) is 0 Å².